The highest BCUT2D eigenvalue weighted by molar-refractivity contribution is 7.98. The normalized spacial score (nSPS) is 19.7. The first-order valence-electron chi connectivity index (χ1n) is 7.49. The zero-order valence-corrected chi connectivity index (χ0v) is 13.6. The Hall–Kier alpha value is 0.270. The third-order valence-corrected chi connectivity index (χ3v) is 4.67. The standard InChI is InChI=1S/C15H32N2S/c1-14(2)16-12-15(8-6-5-7-9-15)13-17(3)10-11-18-4/h14,16H,5-13H2,1-4H3. The second-order valence-corrected chi connectivity index (χ2v) is 7.31. The van der Waals surface area contributed by atoms with Crippen LogP contribution in [0.1, 0.15) is 46.0 Å². The minimum Gasteiger partial charge on any atom is -0.314 e. The van der Waals surface area contributed by atoms with Gasteiger partial charge in [-0.25, -0.2) is 0 Å². The molecular weight excluding hydrogens is 240 g/mol. The second kappa shape index (κ2) is 8.44. The lowest BCUT2D eigenvalue weighted by atomic mass is 9.73. The van der Waals surface area contributed by atoms with Gasteiger partial charge in [-0.1, -0.05) is 33.1 Å². The number of nitrogens with one attached hydrogen (secondary N) is 1. The molecule has 0 amide bonds. The fraction of sp³-hybridized carbons (Fsp3) is 1.00. The lowest BCUT2D eigenvalue weighted by Gasteiger charge is -2.41. The Morgan fingerprint density at radius 3 is 2.44 bits per heavy atom. The van der Waals surface area contributed by atoms with Crippen molar-refractivity contribution in [1.82, 2.24) is 10.2 Å². The highest BCUT2D eigenvalue weighted by Crippen LogP contribution is 2.36. The Kier molecular flexibility index (Phi) is 7.66. The molecule has 108 valence electrons. The van der Waals surface area contributed by atoms with Crippen LogP contribution >= 0.6 is 11.8 Å². The maximum Gasteiger partial charge on any atom is 0.00694 e. The molecule has 0 aromatic rings. The van der Waals surface area contributed by atoms with Crippen molar-refractivity contribution >= 4 is 11.8 Å². The zero-order chi connectivity index (χ0) is 13.4. The molecule has 2 nitrogen and oxygen atoms in total. The molecule has 0 aromatic carbocycles. The van der Waals surface area contributed by atoms with Gasteiger partial charge in [0.1, 0.15) is 0 Å². The molecule has 0 unspecified atom stereocenters. The summed E-state index contributed by atoms with van der Waals surface area (Å²) in [7, 11) is 2.29. The van der Waals surface area contributed by atoms with E-state index in [1.54, 1.807) is 0 Å². The number of hydrogen-bond acceptors (Lipinski definition) is 3. The first-order chi connectivity index (χ1) is 8.58. The van der Waals surface area contributed by atoms with Crippen LogP contribution in [0.4, 0.5) is 0 Å². The predicted octanol–water partition coefficient (Wildman–Crippen LogP) is 3.23. The molecular formula is C15H32N2S. The zero-order valence-electron chi connectivity index (χ0n) is 12.8. The molecule has 0 bridgehead atoms. The first-order valence-corrected chi connectivity index (χ1v) is 8.88. The van der Waals surface area contributed by atoms with Crippen molar-refractivity contribution in [2.24, 2.45) is 5.41 Å². The Morgan fingerprint density at radius 1 is 1.22 bits per heavy atom. The topological polar surface area (TPSA) is 15.3 Å². The van der Waals surface area contributed by atoms with Gasteiger partial charge in [0, 0.05) is 31.4 Å². The maximum absolute atomic E-state index is 3.69. The molecule has 3 heteroatoms. The molecule has 1 aliphatic carbocycles. The van der Waals surface area contributed by atoms with E-state index in [0.29, 0.717) is 11.5 Å². The van der Waals surface area contributed by atoms with Gasteiger partial charge in [0.2, 0.25) is 0 Å². The fourth-order valence-electron chi connectivity index (χ4n) is 3.01. The van der Waals surface area contributed by atoms with E-state index in [9.17, 15) is 0 Å². The summed E-state index contributed by atoms with van der Waals surface area (Å²) in [6.45, 7) is 8.22. The van der Waals surface area contributed by atoms with E-state index in [1.165, 1.54) is 57.5 Å². The Labute approximate surface area is 118 Å². The molecule has 1 saturated carbocycles. The largest absolute Gasteiger partial charge is 0.314 e. The van der Waals surface area contributed by atoms with E-state index in [0.717, 1.165) is 0 Å². The lowest BCUT2D eigenvalue weighted by Crippen LogP contribution is -2.46. The van der Waals surface area contributed by atoms with E-state index < -0.39 is 0 Å². The SMILES string of the molecule is CSCCN(C)CC1(CNC(C)C)CCCCC1. The van der Waals surface area contributed by atoms with Crippen molar-refractivity contribution in [3.05, 3.63) is 0 Å². The molecule has 1 rings (SSSR count). The van der Waals surface area contributed by atoms with Crippen LogP contribution < -0.4 is 5.32 Å². The molecule has 0 atom stereocenters. The highest BCUT2D eigenvalue weighted by atomic mass is 32.2. The van der Waals surface area contributed by atoms with E-state index in [4.69, 9.17) is 0 Å². The van der Waals surface area contributed by atoms with Crippen molar-refractivity contribution in [2.75, 3.05) is 38.7 Å². The van der Waals surface area contributed by atoms with E-state index >= 15 is 0 Å². The van der Waals surface area contributed by atoms with Gasteiger partial charge in [0.15, 0.2) is 0 Å². The number of hydrogen-bond donors (Lipinski definition) is 1. The van der Waals surface area contributed by atoms with Crippen LogP contribution in [0.5, 0.6) is 0 Å². The van der Waals surface area contributed by atoms with E-state index in [2.05, 4.69) is 37.4 Å². The van der Waals surface area contributed by atoms with Crippen LogP contribution in [0, 0.1) is 5.41 Å². The summed E-state index contributed by atoms with van der Waals surface area (Å²) in [4.78, 5) is 2.55. The Balaban J connectivity index is 2.48. The Morgan fingerprint density at radius 2 is 1.89 bits per heavy atom. The van der Waals surface area contributed by atoms with Gasteiger partial charge >= 0.3 is 0 Å². The predicted molar refractivity (Wildman–Crippen MR) is 84.5 cm³/mol. The first kappa shape index (κ1) is 16.3. The molecule has 0 aromatic heterocycles. The summed E-state index contributed by atoms with van der Waals surface area (Å²) >= 11 is 1.95. The van der Waals surface area contributed by atoms with Crippen molar-refractivity contribution in [3.8, 4) is 0 Å². The maximum atomic E-state index is 3.69. The summed E-state index contributed by atoms with van der Waals surface area (Å²) in [5, 5.41) is 3.69. The van der Waals surface area contributed by atoms with Crippen molar-refractivity contribution in [3.63, 3.8) is 0 Å². The molecule has 0 heterocycles. The van der Waals surface area contributed by atoms with Crippen LogP contribution in [-0.2, 0) is 0 Å². The molecule has 18 heavy (non-hydrogen) atoms. The molecule has 0 aliphatic heterocycles. The van der Waals surface area contributed by atoms with Crippen LogP contribution in [0.2, 0.25) is 0 Å². The van der Waals surface area contributed by atoms with Gasteiger partial charge in [0.05, 0.1) is 0 Å². The molecule has 0 saturated heterocycles. The average Bonchev–Trinajstić information content (AvgIpc) is 2.35. The average molecular weight is 273 g/mol. The van der Waals surface area contributed by atoms with Gasteiger partial charge in [-0.3, -0.25) is 0 Å². The molecule has 1 N–H and O–H groups in total. The van der Waals surface area contributed by atoms with E-state index in [1.807, 2.05) is 11.8 Å². The van der Waals surface area contributed by atoms with Crippen molar-refractivity contribution in [2.45, 2.75) is 52.0 Å². The number of nitrogens with zero attached hydrogens (tertiary/aromatic N) is 1. The van der Waals surface area contributed by atoms with Gasteiger partial charge < -0.3 is 10.2 Å². The van der Waals surface area contributed by atoms with Crippen molar-refractivity contribution < 1.29 is 0 Å². The molecule has 0 spiro atoms. The van der Waals surface area contributed by atoms with Crippen LogP contribution in [0.3, 0.4) is 0 Å². The smallest absolute Gasteiger partial charge is 0.00694 e. The van der Waals surface area contributed by atoms with Gasteiger partial charge in [0.25, 0.3) is 0 Å². The van der Waals surface area contributed by atoms with Gasteiger partial charge in [-0.15, -0.1) is 0 Å². The third kappa shape index (κ3) is 5.94. The minimum atomic E-state index is 0.537. The molecule has 0 radical (unpaired) electrons. The highest BCUT2D eigenvalue weighted by Gasteiger charge is 2.32. The summed E-state index contributed by atoms with van der Waals surface area (Å²) in [6, 6.07) is 0.611. The molecule has 1 fully saturated rings. The lowest BCUT2D eigenvalue weighted by molar-refractivity contribution is 0.118. The van der Waals surface area contributed by atoms with Crippen molar-refractivity contribution in [1.29, 1.82) is 0 Å². The Bertz CT molecular complexity index is 213. The monoisotopic (exact) mass is 272 g/mol. The van der Waals surface area contributed by atoms with Gasteiger partial charge in [-0.05, 0) is 31.6 Å². The van der Waals surface area contributed by atoms with E-state index in [-0.39, 0.29) is 0 Å². The summed E-state index contributed by atoms with van der Waals surface area (Å²) in [6.07, 6.45) is 9.32. The number of thioether (sulfide) groups is 1. The quantitative estimate of drug-likeness (QED) is 0.730. The molecule has 1 aliphatic rings. The fourth-order valence-corrected chi connectivity index (χ4v) is 3.51. The van der Waals surface area contributed by atoms with Gasteiger partial charge in [-0.2, -0.15) is 11.8 Å². The summed E-state index contributed by atoms with van der Waals surface area (Å²) in [5.41, 5.74) is 0.537. The van der Waals surface area contributed by atoms with Crippen LogP contribution in [-0.4, -0.2) is 49.6 Å². The van der Waals surface area contributed by atoms with Crippen LogP contribution in [0.15, 0.2) is 0 Å². The number of rotatable bonds is 8. The minimum absolute atomic E-state index is 0.537. The summed E-state index contributed by atoms with van der Waals surface area (Å²) in [5.74, 6) is 1.25. The third-order valence-electron chi connectivity index (χ3n) is 4.08. The summed E-state index contributed by atoms with van der Waals surface area (Å²) < 4.78 is 0. The van der Waals surface area contributed by atoms with Crippen LogP contribution in [0.25, 0.3) is 0 Å². The second-order valence-electron chi connectivity index (χ2n) is 6.33.